The second-order valence-corrected chi connectivity index (χ2v) is 3.45. The van der Waals surface area contributed by atoms with Gasteiger partial charge in [0.15, 0.2) is 5.82 Å². The highest BCUT2D eigenvalue weighted by atomic mass is 16.5. The number of hydrogen-bond acceptors (Lipinski definition) is 5. The number of aromatic nitrogens is 3. The number of nitrogens with one attached hydrogen (secondary N) is 1. The highest BCUT2D eigenvalue weighted by Gasteiger charge is 2.06. The molecule has 0 radical (unpaired) electrons. The zero-order chi connectivity index (χ0) is 12.1. The summed E-state index contributed by atoms with van der Waals surface area (Å²) in [5.41, 5.74) is 1.61. The van der Waals surface area contributed by atoms with Crippen molar-refractivity contribution in [3.05, 3.63) is 36.3 Å². The zero-order valence-electron chi connectivity index (χ0n) is 9.84. The Morgan fingerprint density at radius 3 is 2.76 bits per heavy atom. The van der Waals surface area contributed by atoms with Gasteiger partial charge < -0.3 is 10.1 Å². The average Bonchev–Trinajstić information content (AvgIpc) is 2.40. The number of ether oxygens (including phenoxy) is 1. The molecule has 0 saturated carbocycles. The fourth-order valence-corrected chi connectivity index (χ4v) is 1.46. The fourth-order valence-electron chi connectivity index (χ4n) is 1.46. The number of hydrogen-bond donors (Lipinski definition) is 1. The maximum atomic E-state index is 5.05. The third kappa shape index (κ3) is 2.76. The molecule has 0 fully saturated rings. The summed E-state index contributed by atoms with van der Waals surface area (Å²) in [7, 11) is 3.44. The maximum Gasteiger partial charge on any atom is 0.157 e. The molecule has 0 aliphatic rings. The van der Waals surface area contributed by atoms with Gasteiger partial charge in [-0.1, -0.05) is 6.07 Å². The van der Waals surface area contributed by atoms with Crippen molar-refractivity contribution in [3.63, 3.8) is 0 Å². The Hall–Kier alpha value is -2.01. The van der Waals surface area contributed by atoms with Crippen LogP contribution in [0.3, 0.4) is 0 Å². The summed E-state index contributed by atoms with van der Waals surface area (Å²) >= 11 is 0. The Balaban J connectivity index is 2.43. The topological polar surface area (TPSA) is 59.9 Å². The molecule has 5 nitrogen and oxygen atoms in total. The van der Waals surface area contributed by atoms with Crippen molar-refractivity contribution in [1.29, 1.82) is 0 Å². The van der Waals surface area contributed by atoms with E-state index in [0.717, 1.165) is 17.2 Å². The molecule has 0 bridgehead atoms. The van der Waals surface area contributed by atoms with Crippen molar-refractivity contribution in [3.8, 4) is 11.4 Å². The van der Waals surface area contributed by atoms with Crippen LogP contribution < -0.4 is 5.32 Å². The molecular formula is C12H14N4O. The Morgan fingerprint density at radius 2 is 2.12 bits per heavy atom. The number of anilines is 1. The lowest BCUT2D eigenvalue weighted by Crippen LogP contribution is -2.03. The molecule has 5 heteroatoms. The lowest BCUT2D eigenvalue weighted by Gasteiger charge is -2.06. The molecule has 2 aromatic heterocycles. The first-order chi connectivity index (χ1) is 8.33. The van der Waals surface area contributed by atoms with Crippen molar-refractivity contribution in [1.82, 2.24) is 15.0 Å². The van der Waals surface area contributed by atoms with E-state index >= 15 is 0 Å². The van der Waals surface area contributed by atoms with Crippen LogP contribution in [-0.4, -0.2) is 29.1 Å². The standard InChI is InChI=1S/C12H14N4O/c1-13-11-7-10(9-5-3-4-6-14-9)15-12(16-11)8-17-2/h3-7H,8H2,1-2H3,(H,13,15,16). The normalized spacial score (nSPS) is 10.2. The highest BCUT2D eigenvalue weighted by molar-refractivity contribution is 5.58. The van der Waals surface area contributed by atoms with Crippen molar-refractivity contribution in [2.45, 2.75) is 6.61 Å². The van der Waals surface area contributed by atoms with Gasteiger partial charge in [0.05, 0.1) is 11.4 Å². The second-order valence-electron chi connectivity index (χ2n) is 3.45. The third-order valence-electron chi connectivity index (χ3n) is 2.23. The van der Waals surface area contributed by atoms with E-state index in [4.69, 9.17) is 4.74 Å². The predicted molar refractivity (Wildman–Crippen MR) is 65.5 cm³/mol. The SMILES string of the molecule is CNc1cc(-c2ccccn2)nc(COC)n1. The van der Waals surface area contributed by atoms with Gasteiger partial charge in [0.1, 0.15) is 12.4 Å². The minimum Gasteiger partial charge on any atom is -0.377 e. The van der Waals surface area contributed by atoms with Crippen LogP contribution in [0, 0.1) is 0 Å². The molecule has 2 aromatic rings. The van der Waals surface area contributed by atoms with Gasteiger partial charge in [0.2, 0.25) is 0 Å². The van der Waals surface area contributed by atoms with Gasteiger partial charge >= 0.3 is 0 Å². The Labute approximate surface area is 99.9 Å². The van der Waals surface area contributed by atoms with Gasteiger partial charge in [-0.2, -0.15) is 0 Å². The van der Waals surface area contributed by atoms with Gasteiger partial charge in [-0.15, -0.1) is 0 Å². The van der Waals surface area contributed by atoms with Crippen molar-refractivity contribution < 1.29 is 4.74 Å². The monoisotopic (exact) mass is 230 g/mol. The minimum atomic E-state index is 0.384. The largest absolute Gasteiger partial charge is 0.377 e. The van der Waals surface area contributed by atoms with Gasteiger partial charge in [-0.25, -0.2) is 9.97 Å². The van der Waals surface area contributed by atoms with Crippen LogP contribution >= 0.6 is 0 Å². The van der Waals surface area contributed by atoms with Gasteiger partial charge in [0, 0.05) is 26.4 Å². The van der Waals surface area contributed by atoms with Crippen LogP contribution in [0.1, 0.15) is 5.82 Å². The highest BCUT2D eigenvalue weighted by Crippen LogP contribution is 2.17. The molecule has 2 rings (SSSR count). The molecule has 0 atom stereocenters. The van der Waals surface area contributed by atoms with Crippen LogP contribution in [-0.2, 0) is 11.3 Å². The molecule has 88 valence electrons. The first-order valence-corrected chi connectivity index (χ1v) is 5.29. The Bertz CT molecular complexity index is 487. The summed E-state index contributed by atoms with van der Waals surface area (Å²) in [5.74, 6) is 1.40. The van der Waals surface area contributed by atoms with E-state index in [1.807, 2.05) is 31.3 Å². The van der Waals surface area contributed by atoms with Crippen molar-refractivity contribution in [2.24, 2.45) is 0 Å². The molecule has 0 aliphatic carbocycles. The third-order valence-corrected chi connectivity index (χ3v) is 2.23. The van der Waals surface area contributed by atoms with Crippen LogP contribution in [0.4, 0.5) is 5.82 Å². The second kappa shape index (κ2) is 5.36. The van der Waals surface area contributed by atoms with Crippen molar-refractivity contribution >= 4 is 5.82 Å². The fraction of sp³-hybridized carbons (Fsp3) is 0.250. The van der Waals surface area contributed by atoms with Gasteiger partial charge in [-0.3, -0.25) is 4.98 Å². The van der Waals surface area contributed by atoms with Crippen LogP contribution in [0.2, 0.25) is 0 Å². The number of pyridine rings is 1. The predicted octanol–water partition coefficient (Wildman–Crippen LogP) is 1.73. The summed E-state index contributed by atoms with van der Waals surface area (Å²) in [6.07, 6.45) is 1.74. The summed E-state index contributed by atoms with van der Waals surface area (Å²) in [5, 5.41) is 3.00. The van der Waals surface area contributed by atoms with E-state index in [1.54, 1.807) is 13.3 Å². The number of rotatable bonds is 4. The molecule has 0 saturated heterocycles. The molecule has 0 unspecified atom stereocenters. The maximum absolute atomic E-state index is 5.05. The first-order valence-electron chi connectivity index (χ1n) is 5.29. The van der Waals surface area contributed by atoms with E-state index in [9.17, 15) is 0 Å². The van der Waals surface area contributed by atoms with E-state index in [0.29, 0.717) is 12.4 Å². The average molecular weight is 230 g/mol. The number of methoxy groups -OCH3 is 1. The van der Waals surface area contributed by atoms with Crippen LogP contribution in [0.15, 0.2) is 30.5 Å². The molecule has 0 spiro atoms. The summed E-state index contributed by atoms with van der Waals surface area (Å²) in [6.45, 7) is 0.384. The summed E-state index contributed by atoms with van der Waals surface area (Å²) in [6, 6.07) is 7.58. The molecular weight excluding hydrogens is 216 g/mol. The van der Waals surface area contributed by atoms with E-state index in [2.05, 4.69) is 20.3 Å². The first kappa shape index (κ1) is 11.5. The minimum absolute atomic E-state index is 0.384. The Morgan fingerprint density at radius 1 is 1.24 bits per heavy atom. The number of nitrogens with zero attached hydrogens (tertiary/aromatic N) is 3. The quantitative estimate of drug-likeness (QED) is 0.866. The van der Waals surface area contributed by atoms with Gasteiger partial charge in [-0.05, 0) is 12.1 Å². The van der Waals surface area contributed by atoms with Crippen LogP contribution in [0.25, 0.3) is 11.4 Å². The lowest BCUT2D eigenvalue weighted by atomic mass is 10.2. The zero-order valence-corrected chi connectivity index (χ0v) is 9.84. The lowest BCUT2D eigenvalue weighted by molar-refractivity contribution is 0.178. The molecule has 2 heterocycles. The van der Waals surface area contributed by atoms with Crippen LogP contribution in [0.5, 0.6) is 0 Å². The summed E-state index contributed by atoms with van der Waals surface area (Å²) < 4.78 is 5.05. The van der Waals surface area contributed by atoms with E-state index in [1.165, 1.54) is 0 Å². The molecule has 0 aromatic carbocycles. The smallest absolute Gasteiger partial charge is 0.157 e. The molecule has 0 aliphatic heterocycles. The summed E-state index contributed by atoms with van der Waals surface area (Å²) in [4.78, 5) is 13.0. The van der Waals surface area contributed by atoms with Crippen molar-refractivity contribution in [2.75, 3.05) is 19.5 Å². The molecule has 1 N–H and O–H groups in total. The molecule has 0 amide bonds. The van der Waals surface area contributed by atoms with E-state index < -0.39 is 0 Å². The van der Waals surface area contributed by atoms with Gasteiger partial charge in [0.25, 0.3) is 0 Å². The molecule has 17 heavy (non-hydrogen) atoms. The van der Waals surface area contributed by atoms with E-state index in [-0.39, 0.29) is 0 Å². The Kier molecular flexibility index (Phi) is 3.62.